The fraction of sp³-hybridized carbons (Fsp3) is 0.632. The summed E-state index contributed by atoms with van der Waals surface area (Å²) in [7, 11) is -3.40. The molecular weight excluding hydrogens is 366 g/mol. The van der Waals surface area contributed by atoms with Crippen molar-refractivity contribution in [2.75, 3.05) is 26.2 Å². The van der Waals surface area contributed by atoms with Crippen molar-refractivity contribution in [3.63, 3.8) is 0 Å². The summed E-state index contributed by atoms with van der Waals surface area (Å²) in [5, 5.41) is 4.29. The Hall–Kier alpha value is -1.18. The van der Waals surface area contributed by atoms with E-state index in [-0.39, 0.29) is 6.04 Å². The van der Waals surface area contributed by atoms with Gasteiger partial charge in [0.1, 0.15) is 0 Å². The van der Waals surface area contributed by atoms with Crippen molar-refractivity contribution in [3.05, 3.63) is 29.8 Å². The summed E-state index contributed by atoms with van der Waals surface area (Å²) in [6.07, 6.45) is 4.04. The van der Waals surface area contributed by atoms with E-state index in [1.165, 1.54) is 12.8 Å². The molecule has 0 amide bonds. The Bertz CT molecular complexity index is 726. The van der Waals surface area contributed by atoms with Crippen molar-refractivity contribution in [1.29, 1.82) is 0 Å². The van der Waals surface area contributed by atoms with Gasteiger partial charge < -0.3 is 10.2 Å². The van der Waals surface area contributed by atoms with Crippen LogP contribution in [0.25, 0.3) is 0 Å². The Morgan fingerprint density at radius 2 is 1.77 bits per heavy atom. The lowest BCUT2D eigenvalue weighted by atomic mass is 10.0. The fourth-order valence-electron chi connectivity index (χ4n) is 3.74. The number of sulfonamides is 1. The normalized spacial score (nSPS) is 23.0. The molecule has 7 heteroatoms. The Morgan fingerprint density at radius 3 is 2.38 bits per heavy atom. The molecule has 0 spiro atoms. The maximum absolute atomic E-state index is 12.8. The second-order valence-electron chi connectivity index (χ2n) is 7.63. The molecule has 0 aliphatic carbocycles. The number of aryl methyl sites for hydroxylation is 1. The second kappa shape index (κ2) is 8.23. The summed E-state index contributed by atoms with van der Waals surface area (Å²) in [5.74, 6) is 0.685. The molecule has 2 fully saturated rings. The van der Waals surface area contributed by atoms with E-state index >= 15 is 0 Å². The van der Waals surface area contributed by atoms with Crippen molar-refractivity contribution in [2.45, 2.75) is 50.5 Å². The first-order chi connectivity index (χ1) is 12.4. The third kappa shape index (κ3) is 4.56. The van der Waals surface area contributed by atoms with Gasteiger partial charge in [0.25, 0.3) is 0 Å². The van der Waals surface area contributed by atoms with Crippen molar-refractivity contribution < 1.29 is 8.42 Å². The van der Waals surface area contributed by atoms with Gasteiger partial charge in [-0.1, -0.05) is 24.6 Å². The van der Waals surface area contributed by atoms with Crippen LogP contribution in [-0.2, 0) is 10.0 Å². The van der Waals surface area contributed by atoms with Gasteiger partial charge in [-0.05, 0) is 62.9 Å². The Morgan fingerprint density at radius 1 is 1.12 bits per heavy atom. The smallest absolute Gasteiger partial charge is 0.243 e. The molecule has 1 unspecified atom stereocenters. The number of hydrogen-bond donors (Lipinski definition) is 1. The van der Waals surface area contributed by atoms with E-state index in [2.05, 4.69) is 17.1 Å². The van der Waals surface area contributed by atoms with Crippen molar-refractivity contribution >= 4 is 27.4 Å². The van der Waals surface area contributed by atoms with Crippen molar-refractivity contribution in [2.24, 2.45) is 5.92 Å². The molecule has 2 aliphatic rings. The minimum Gasteiger partial charge on any atom is -0.360 e. The Kier molecular flexibility index (Phi) is 6.20. The van der Waals surface area contributed by atoms with Crippen LogP contribution in [0.2, 0.25) is 0 Å². The van der Waals surface area contributed by atoms with E-state index in [1.807, 2.05) is 19.1 Å². The molecule has 0 bridgehead atoms. The van der Waals surface area contributed by atoms with Gasteiger partial charge in [0.05, 0.1) is 4.90 Å². The predicted molar refractivity (Wildman–Crippen MR) is 109 cm³/mol. The molecule has 1 N–H and O–H groups in total. The summed E-state index contributed by atoms with van der Waals surface area (Å²) in [5.41, 5.74) is 1.06. The van der Waals surface area contributed by atoms with Crippen LogP contribution in [0.3, 0.4) is 0 Å². The summed E-state index contributed by atoms with van der Waals surface area (Å²) >= 11 is 5.58. The van der Waals surface area contributed by atoms with Crippen LogP contribution in [0.5, 0.6) is 0 Å². The van der Waals surface area contributed by atoms with Gasteiger partial charge >= 0.3 is 0 Å². The maximum Gasteiger partial charge on any atom is 0.243 e. The Balaban J connectivity index is 1.54. The van der Waals surface area contributed by atoms with Crippen LogP contribution in [0.1, 0.15) is 38.2 Å². The largest absolute Gasteiger partial charge is 0.360 e. The molecule has 0 aromatic heterocycles. The molecule has 26 heavy (non-hydrogen) atoms. The number of nitrogens with zero attached hydrogens (tertiary/aromatic N) is 2. The highest BCUT2D eigenvalue weighted by Crippen LogP contribution is 2.22. The first-order valence-electron chi connectivity index (χ1n) is 9.48. The molecule has 2 heterocycles. The van der Waals surface area contributed by atoms with Crippen LogP contribution in [0.15, 0.2) is 29.2 Å². The zero-order chi connectivity index (χ0) is 18.7. The van der Waals surface area contributed by atoms with Gasteiger partial charge in [0.2, 0.25) is 10.0 Å². The highest BCUT2D eigenvalue weighted by atomic mass is 32.2. The van der Waals surface area contributed by atoms with Crippen LogP contribution in [0, 0.1) is 12.8 Å². The number of rotatable bonds is 3. The number of likely N-dealkylation sites (tertiary alicyclic amines) is 1. The molecule has 0 radical (unpaired) electrons. The zero-order valence-electron chi connectivity index (χ0n) is 15.6. The number of piperidine rings is 2. The molecule has 3 rings (SSSR count). The minimum absolute atomic E-state index is 0.254. The first-order valence-corrected chi connectivity index (χ1v) is 11.3. The second-order valence-corrected chi connectivity index (χ2v) is 9.96. The number of nitrogens with one attached hydrogen (secondary N) is 1. The summed E-state index contributed by atoms with van der Waals surface area (Å²) < 4.78 is 27.2. The molecule has 1 aromatic rings. The van der Waals surface area contributed by atoms with Gasteiger partial charge in [0.15, 0.2) is 5.11 Å². The molecule has 5 nitrogen and oxygen atoms in total. The van der Waals surface area contributed by atoms with E-state index in [0.29, 0.717) is 23.9 Å². The molecule has 1 atom stereocenters. The fourth-order valence-corrected chi connectivity index (χ4v) is 5.54. The highest BCUT2D eigenvalue weighted by Gasteiger charge is 2.30. The monoisotopic (exact) mass is 395 g/mol. The lowest BCUT2D eigenvalue weighted by molar-refractivity contribution is 0.259. The minimum atomic E-state index is -3.40. The lowest BCUT2D eigenvalue weighted by Crippen LogP contribution is -2.51. The highest BCUT2D eigenvalue weighted by molar-refractivity contribution is 7.89. The number of hydrogen-bond acceptors (Lipinski definition) is 3. The van der Waals surface area contributed by atoms with E-state index in [0.717, 1.165) is 36.6 Å². The van der Waals surface area contributed by atoms with Gasteiger partial charge in [-0.15, -0.1) is 0 Å². The van der Waals surface area contributed by atoms with Crippen LogP contribution in [-0.4, -0.2) is 55.0 Å². The van der Waals surface area contributed by atoms with Gasteiger partial charge in [-0.25, -0.2) is 8.42 Å². The molecule has 144 valence electrons. The molecular formula is C19H29N3O2S2. The zero-order valence-corrected chi connectivity index (χ0v) is 17.3. The van der Waals surface area contributed by atoms with Crippen molar-refractivity contribution in [1.82, 2.24) is 14.5 Å². The topological polar surface area (TPSA) is 52.7 Å². The summed E-state index contributed by atoms with van der Waals surface area (Å²) in [6.45, 7) is 7.34. The van der Waals surface area contributed by atoms with E-state index < -0.39 is 10.0 Å². The summed E-state index contributed by atoms with van der Waals surface area (Å²) in [6, 6.07) is 7.34. The molecule has 2 saturated heterocycles. The van der Waals surface area contributed by atoms with E-state index in [4.69, 9.17) is 12.2 Å². The summed E-state index contributed by atoms with van der Waals surface area (Å²) in [4.78, 5) is 2.64. The molecule has 1 aromatic carbocycles. The SMILES string of the molecule is Cc1ccc(S(=O)(=O)N2CCC(NC(=S)N3CCCC(C)C3)CC2)cc1. The third-order valence-corrected chi connectivity index (χ3v) is 7.67. The average Bonchev–Trinajstić information content (AvgIpc) is 2.62. The Labute approximate surface area is 162 Å². The predicted octanol–water partition coefficient (Wildman–Crippen LogP) is 2.75. The van der Waals surface area contributed by atoms with Gasteiger partial charge in [0, 0.05) is 32.2 Å². The van der Waals surface area contributed by atoms with E-state index in [9.17, 15) is 8.42 Å². The van der Waals surface area contributed by atoms with Gasteiger partial charge in [-0.3, -0.25) is 0 Å². The first kappa shape index (κ1) is 19.6. The van der Waals surface area contributed by atoms with E-state index in [1.54, 1.807) is 16.4 Å². The number of thiocarbonyl (C=S) groups is 1. The van der Waals surface area contributed by atoms with Crippen LogP contribution in [0.4, 0.5) is 0 Å². The van der Waals surface area contributed by atoms with Gasteiger partial charge in [-0.2, -0.15) is 4.31 Å². The maximum atomic E-state index is 12.8. The average molecular weight is 396 g/mol. The molecule has 2 aliphatic heterocycles. The van der Waals surface area contributed by atoms with Crippen LogP contribution < -0.4 is 5.32 Å². The van der Waals surface area contributed by atoms with Crippen molar-refractivity contribution in [3.8, 4) is 0 Å². The number of benzene rings is 1. The third-order valence-electron chi connectivity index (χ3n) is 5.38. The molecule has 0 saturated carbocycles. The lowest BCUT2D eigenvalue weighted by Gasteiger charge is -2.37. The quantitative estimate of drug-likeness (QED) is 0.798. The van der Waals surface area contributed by atoms with Crippen LogP contribution >= 0.6 is 12.2 Å². The standard InChI is InChI=1S/C19H29N3O2S2/c1-15-5-7-18(8-6-15)26(23,24)22-12-9-17(10-13-22)20-19(25)21-11-3-4-16(2)14-21/h5-8,16-17H,3-4,9-14H2,1-2H3,(H,20,25).